The molecular weight excluding hydrogens is 388 g/mol. The van der Waals surface area contributed by atoms with E-state index in [9.17, 15) is 9.59 Å². The summed E-state index contributed by atoms with van der Waals surface area (Å²) in [6.45, 7) is 3.03. The van der Waals surface area contributed by atoms with Crippen molar-refractivity contribution < 1.29 is 9.59 Å². The second kappa shape index (κ2) is 10.5. The molecule has 0 unspecified atom stereocenters. The molecule has 0 aliphatic heterocycles. The first kappa shape index (κ1) is 22.2. The first-order valence-electron chi connectivity index (χ1n) is 10.3. The highest BCUT2D eigenvalue weighted by atomic mass is 16.1. The molecule has 0 aliphatic rings. The highest BCUT2D eigenvalue weighted by Crippen LogP contribution is 2.34. The van der Waals surface area contributed by atoms with Gasteiger partial charge in [0.25, 0.3) is 0 Å². The Balaban J connectivity index is 2.07. The number of benzene rings is 2. The predicted octanol–water partition coefficient (Wildman–Crippen LogP) is 4.36. The molecular formula is C25H28N4O2. The SMILES string of the molecule is CC(=O)Nc1ccncc1N(CCCN(C)C)c1ccccc1C(=O)c1ccccc1. The predicted molar refractivity (Wildman–Crippen MR) is 125 cm³/mol. The molecule has 3 rings (SSSR count). The van der Waals surface area contributed by atoms with Gasteiger partial charge in [0.1, 0.15) is 0 Å². The van der Waals surface area contributed by atoms with E-state index in [1.54, 1.807) is 18.5 Å². The molecule has 1 N–H and O–H groups in total. The Kier molecular flexibility index (Phi) is 7.51. The molecule has 0 fully saturated rings. The number of pyridine rings is 1. The fourth-order valence-corrected chi connectivity index (χ4v) is 3.46. The molecule has 0 radical (unpaired) electrons. The Morgan fingerprint density at radius 2 is 1.61 bits per heavy atom. The standard InChI is InChI=1S/C25H28N4O2/c1-19(30)27-22-14-15-26-18-24(22)29(17-9-16-28(2)3)23-13-8-7-12-21(23)25(31)20-10-5-4-6-11-20/h4-8,10-15,18H,9,16-17H2,1-3H3,(H,26,27,30). The molecule has 6 heteroatoms. The third-order valence-electron chi connectivity index (χ3n) is 4.86. The molecule has 31 heavy (non-hydrogen) atoms. The zero-order valence-corrected chi connectivity index (χ0v) is 18.2. The van der Waals surface area contributed by atoms with Gasteiger partial charge in [-0.3, -0.25) is 14.6 Å². The maximum absolute atomic E-state index is 13.3. The lowest BCUT2D eigenvalue weighted by Gasteiger charge is -2.29. The number of aromatic nitrogens is 1. The number of amides is 1. The van der Waals surface area contributed by atoms with Gasteiger partial charge in [0, 0.05) is 30.8 Å². The largest absolute Gasteiger partial charge is 0.338 e. The zero-order chi connectivity index (χ0) is 22.2. The van der Waals surface area contributed by atoms with Gasteiger partial charge in [-0.15, -0.1) is 0 Å². The Morgan fingerprint density at radius 1 is 0.903 bits per heavy atom. The van der Waals surface area contributed by atoms with Crippen molar-refractivity contribution in [1.29, 1.82) is 0 Å². The van der Waals surface area contributed by atoms with Crippen LogP contribution >= 0.6 is 0 Å². The topological polar surface area (TPSA) is 65.5 Å². The summed E-state index contributed by atoms with van der Waals surface area (Å²) in [7, 11) is 4.06. The van der Waals surface area contributed by atoms with E-state index in [0.29, 0.717) is 23.4 Å². The van der Waals surface area contributed by atoms with Crippen molar-refractivity contribution in [2.45, 2.75) is 13.3 Å². The number of nitrogens with one attached hydrogen (secondary N) is 1. The van der Waals surface area contributed by atoms with Crippen molar-refractivity contribution in [1.82, 2.24) is 9.88 Å². The molecule has 1 amide bonds. The van der Waals surface area contributed by atoms with Crippen molar-refractivity contribution in [2.24, 2.45) is 0 Å². The zero-order valence-electron chi connectivity index (χ0n) is 18.2. The molecule has 3 aromatic rings. The minimum atomic E-state index is -0.158. The van der Waals surface area contributed by atoms with Crippen LogP contribution in [0.2, 0.25) is 0 Å². The van der Waals surface area contributed by atoms with Gasteiger partial charge >= 0.3 is 0 Å². The number of carbonyl (C=O) groups is 2. The first-order valence-corrected chi connectivity index (χ1v) is 10.3. The smallest absolute Gasteiger partial charge is 0.221 e. The quantitative estimate of drug-likeness (QED) is 0.525. The molecule has 0 saturated carbocycles. The second-order valence-corrected chi connectivity index (χ2v) is 7.59. The summed E-state index contributed by atoms with van der Waals surface area (Å²) >= 11 is 0. The lowest BCUT2D eigenvalue weighted by Crippen LogP contribution is -2.26. The van der Waals surface area contributed by atoms with Gasteiger partial charge in [0.05, 0.1) is 23.3 Å². The Morgan fingerprint density at radius 3 is 2.32 bits per heavy atom. The average molecular weight is 417 g/mol. The number of carbonyl (C=O) groups excluding carboxylic acids is 2. The van der Waals surface area contributed by atoms with Crippen LogP contribution in [0.25, 0.3) is 0 Å². The monoisotopic (exact) mass is 416 g/mol. The Bertz CT molecular complexity index is 1030. The van der Waals surface area contributed by atoms with Gasteiger partial charge < -0.3 is 15.1 Å². The molecule has 0 spiro atoms. The molecule has 0 saturated heterocycles. The normalized spacial score (nSPS) is 10.7. The lowest BCUT2D eigenvalue weighted by molar-refractivity contribution is -0.114. The molecule has 1 heterocycles. The lowest BCUT2D eigenvalue weighted by atomic mass is 10.0. The van der Waals surface area contributed by atoms with Crippen molar-refractivity contribution in [3.8, 4) is 0 Å². The maximum atomic E-state index is 13.3. The van der Waals surface area contributed by atoms with Crippen LogP contribution in [0.5, 0.6) is 0 Å². The second-order valence-electron chi connectivity index (χ2n) is 7.59. The number of rotatable bonds is 9. The van der Waals surface area contributed by atoms with Crippen molar-refractivity contribution in [2.75, 3.05) is 37.4 Å². The van der Waals surface area contributed by atoms with E-state index in [-0.39, 0.29) is 11.7 Å². The van der Waals surface area contributed by atoms with Gasteiger partial charge in [-0.1, -0.05) is 42.5 Å². The fourth-order valence-electron chi connectivity index (χ4n) is 3.46. The maximum Gasteiger partial charge on any atom is 0.221 e. The van der Waals surface area contributed by atoms with Crippen LogP contribution in [0.1, 0.15) is 29.3 Å². The molecule has 2 aromatic carbocycles. The molecule has 0 atom stereocenters. The summed E-state index contributed by atoms with van der Waals surface area (Å²) in [5.41, 5.74) is 3.45. The van der Waals surface area contributed by atoms with Gasteiger partial charge in [0.15, 0.2) is 5.78 Å². The van der Waals surface area contributed by atoms with Crippen molar-refractivity contribution in [3.05, 3.63) is 84.2 Å². The number of anilines is 3. The van der Waals surface area contributed by atoms with Gasteiger partial charge in [-0.25, -0.2) is 0 Å². The van der Waals surface area contributed by atoms with Crippen molar-refractivity contribution in [3.63, 3.8) is 0 Å². The average Bonchev–Trinajstić information content (AvgIpc) is 2.77. The van der Waals surface area contributed by atoms with Crippen LogP contribution in [-0.4, -0.2) is 48.8 Å². The van der Waals surface area contributed by atoms with E-state index in [4.69, 9.17) is 0 Å². The number of ketones is 1. The third-order valence-corrected chi connectivity index (χ3v) is 4.86. The summed E-state index contributed by atoms with van der Waals surface area (Å²) < 4.78 is 0. The van der Waals surface area contributed by atoms with Crippen LogP contribution in [-0.2, 0) is 4.79 Å². The van der Waals surface area contributed by atoms with Crippen LogP contribution < -0.4 is 10.2 Å². The van der Waals surface area contributed by atoms with Gasteiger partial charge in [0.2, 0.25) is 5.91 Å². The number of para-hydroxylation sites is 1. The van der Waals surface area contributed by atoms with Crippen LogP contribution in [0.15, 0.2) is 73.1 Å². The third kappa shape index (κ3) is 5.77. The van der Waals surface area contributed by atoms with Gasteiger partial charge in [-0.05, 0) is 45.3 Å². The number of nitrogens with zero attached hydrogens (tertiary/aromatic N) is 3. The van der Waals surface area contributed by atoms with Crippen LogP contribution in [0, 0.1) is 0 Å². The van der Waals surface area contributed by atoms with Crippen LogP contribution in [0.3, 0.4) is 0 Å². The molecule has 6 nitrogen and oxygen atoms in total. The summed E-state index contributed by atoms with van der Waals surface area (Å²) in [6.07, 6.45) is 4.24. The molecule has 0 bridgehead atoms. The molecule has 1 aromatic heterocycles. The number of hydrogen-bond donors (Lipinski definition) is 1. The van der Waals surface area contributed by atoms with Gasteiger partial charge in [-0.2, -0.15) is 0 Å². The fraction of sp³-hybridized carbons (Fsp3) is 0.240. The van der Waals surface area contributed by atoms with Crippen molar-refractivity contribution >= 4 is 28.8 Å². The summed E-state index contributed by atoms with van der Waals surface area (Å²) in [5, 5.41) is 2.89. The number of hydrogen-bond acceptors (Lipinski definition) is 5. The van der Waals surface area contributed by atoms with E-state index >= 15 is 0 Å². The highest BCUT2D eigenvalue weighted by Gasteiger charge is 2.21. The summed E-state index contributed by atoms with van der Waals surface area (Å²) in [6, 6.07) is 18.6. The molecule has 160 valence electrons. The first-order chi connectivity index (χ1) is 15.0. The van der Waals surface area contributed by atoms with E-state index in [1.807, 2.05) is 68.7 Å². The summed E-state index contributed by atoms with van der Waals surface area (Å²) in [5.74, 6) is -0.201. The highest BCUT2D eigenvalue weighted by molar-refractivity contribution is 6.13. The Hall–Kier alpha value is -3.51. The minimum absolute atomic E-state index is 0.0428. The van der Waals surface area contributed by atoms with E-state index < -0.39 is 0 Å². The molecule has 0 aliphatic carbocycles. The minimum Gasteiger partial charge on any atom is -0.338 e. The van der Waals surface area contributed by atoms with Crippen LogP contribution in [0.4, 0.5) is 17.1 Å². The van der Waals surface area contributed by atoms with E-state index in [1.165, 1.54) is 6.92 Å². The Labute approximate surface area is 183 Å². The van der Waals surface area contributed by atoms with E-state index in [0.717, 1.165) is 24.3 Å². The summed E-state index contributed by atoms with van der Waals surface area (Å²) in [4.78, 5) is 33.6. The van der Waals surface area contributed by atoms with E-state index in [2.05, 4.69) is 20.1 Å².